The molecule has 8 heteroatoms. The maximum atomic E-state index is 13.2. The van der Waals surface area contributed by atoms with Gasteiger partial charge in [-0.15, -0.1) is 0 Å². The molecule has 0 saturated carbocycles. The average Bonchev–Trinajstić information content (AvgIpc) is 3.14. The van der Waals surface area contributed by atoms with Crippen LogP contribution >= 0.6 is 0 Å². The van der Waals surface area contributed by atoms with Gasteiger partial charge in [0.15, 0.2) is 0 Å². The molecule has 2 amide bonds. The first kappa shape index (κ1) is 19.2. The molecule has 2 aliphatic rings. The molecule has 3 heterocycles. The zero-order chi connectivity index (χ0) is 20.5. The number of amides is 2. The van der Waals surface area contributed by atoms with Gasteiger partial charge in [-0.05, 0) is 36.6 Å². The minimum absolute atomic E-state index is 0.00168. The molecular formula is C21H24N4O4. The first-order chi connectivity index (χ1) is 14.0. The van der Waals surface area contributed by atoms with Gasteiger partial charge >= 0.3 is 0 Å². The Hall–Kier alpha value is -3.16. The molecule has 2 aromatic rings. The molecule has 2 saturated heterocycles. The fourth-order valence-corrected chi connectivity index (χ4v) is 4.64. The Bertz CT molecular complexity index is 951. The zero-order valence-corrected chi connectivity index (χ0v) is 16.5. The van der Waals surface area contributed by atoms with Gasteiger partial charge in [-0.2, -0.15) is 5.10 Å². The van der Waals surface area contributed by atoms with Crippen LogP contribution in [-0.2, 0) is 4.79 Å². The highest BCUT2D eigenvalue weighted by molar-refractivity contribution is 5.92. The number of rotatable bonds is 3. The van der Waals surface area contributed by atoms with E-state index < -0.39 is 0 Å². The number of methoxy groups -OCH3 is 1. The van der Waals surface area contributed by atoms with Crippen LogP contribution in [0, 0.1) is 0 Å². The lowest BCUT2D eigenvalue weighted by atomic mass is 9.85. The lowest BCUT2D eigenvalue weighted by molar-refractivity contribution is -0.130. The van der Waals surface area contributed by atoms with Crippen LogP contribution in [0.3, 0.4) is 0 Å². The smallest absolute Gasteiger partial charge is 0.274 e. The maximum absolute atomic E-state index is 13.2. The molecule has 1 aromatic carbocycles. The second-order valence-electron chi connectivity index (χ2n) is 7.56. The Morgan fingerprint density at radius 3 is 2.52 bits per heavy atom. The number of likely N-dealkylation sites (tertiary alicyclic amines) is 2. The van der Waals surface area contributed by atoms with E-state index in [1.54, 1.807) is 14.0 Å². The summed E-state index contributed by atoms with van der Waals surface area (Å²) in [6, 6.07) is 10.4. The number of aromatic nitrogens is 2. The van der Waals surface area contributed by atoms with Crippen LogP contribution in [0.15, 0.2) is 41.2 Å². The number of piperidine rings is 1. The molecule has 8 nitrogen and oxygen atoms in total. The fraction of sp³-hybridized carbons (Fsp3) is 0.429. The van der Waals surface area contributed by atoms with Crippen molar-refractivity contribution < 1.29 is 14.3 Å². The second kappa shape index (κ2) is 7.69. The van der Waals surface area contributed by atoms with Crippen molar-refractivity contribution in [2.24, 2.45) is 0 Å². The lowest BCUT2D eigenvalue weighted by Crippen LogP contribution is -2.54. The Balaban J connectivity index is 1.70. The molecule has 3 atom stereocenters. The summed E-state index contributed by atoms with van der Waals surface area (Å²) >= 11 is 0. The number of carbonyl (C=O) groups excluding carboxylic acids is 2. The van der Waals surface area contributed by atoms with Crippen molar-refractivity contribution in [3.63, 3.8) is 0 Å². The molecule has 1 N–H and O–H groups in total. The van der Waals surface area contributed by atoms with Gasteiger partial charge in [-0.25, -0.2) is 5.10 Å². The monoisotopic (exact) mass is 396 g/mol. The molecule has 2 fully saturated rings. The van der Waals surface area contributed by atoms with Crippen molar-refractivity contribution in [1.29, 1.82) is 0 Å². The third-order valence-electron chi connectivity index (χ3n) is 5.97. The van der Waals surface area contributed by atoms with Crippen molar-refractivity contribution in [2.75, 3.05) is 20.2 Å². The number of hydrogen-bond donors (Lipinski definition) is 1. The van der Waals surface area contributed by atoms with Crippen LogP contribution in [0.2, 0.25) is 0 Å². The minimum atomic E-state index is -0.349. The van der Waals surface area contributed by atoms with Crippen molar-refractivity contribution in [2.45, 2.75) is 37.8 Å². The second-order valence-corrected chi connectivity index (χ2v) is 7.56. The predicted octanol–water partition coefficient (Wildman–Crippen LogP) is 1.40. The van der Waals surface area contributed by atoms with Gasteiger partial charge in [0.2, 0.25) is 5.91 Å². The zero-order valence-electron chi connectivity index (χ0n) is 16.5. The van der Waals surface area contributed by atoms with Gasteiger partial charge < -0.3 is 14.5 Å². The van der Waals surface area contributed by atoms with E-state index in [9.17, 15) is 14.4 Å². The first-order valence-electron chi connectivity index (χ1n) is 9.77. The molecule has 1 aromatic heterocycles. The molecular weight excluding hydrogens is 372 g/mol. The fourth-order valence-electron chi connectivity index (χ4n) is 4.64. The topological polar surface area (TPSA) is 95.6 Å². The summed E-state index contributed by atoms with van der Waals surface area (Å²) in [6.07, 6.45) is 1.68. The van der Waals surface area contributed by atoms with E-state index in [2.05, 4.69) is 10.2 Å². The number of aromatic amines is 1. The predicted molar refractivity (Wildman–Crippen MR) is 106 cm³/mol. The van der Waals surface area contributed by atoms with E-state index in [-0.39, 0.29) is 41.1 Å². The van der Waals surface area contributed by atoms with Gasteiger partial charge in [0, 0.05) is 32.0 Å². The van der Waals surface area contributed by atoms with Crippen LogP contribution in [-0.4, -0.2) is 64.1 Å². The molecule has 2 aliphatic heterocycles. The highest BCUT2D eigenvalue weighted by atomic mass is 16.5. The van der Waals surface area contributed by atoms with Crippen LogP contribution in [0.5, 0.6) is 5.75 Å². The largest absolute Gasteiger partial charge is 0.497 e. The van der Waals surface area contributed by atoms with Gasteiger partial charge in [-0.1, -0.05) is 12.1 Å². The number of hydrogen-bond acceptors (Lipinski definition) is 5. The summed E-state index contributed by atoms with van der Waals surface area (Å²) in [5.41, 5.74) is 0.927. The average molecular weight is 396 g/mol. The third-order valence-corrected chi connectivity index (χ3v) is 5.97. The van der Waals surface area contributed by atoms with Crippen molar-refractivity contribution in [3.8, 4) is 5.75 Å². The SMILES string of the molecule is COc1ccc([C@H]2CN(C(C)=O)[C@@H]3CCCN(C(=O)c4ccc(=O)[nH]n4)[C@H]23)cc1. The van der Waals surface area contributed by atoms with Gasteiger partial charge in [0.05, 0.1) is 19.2 Å². The van der Waals surface area contributed by atoms with Crippen molar-refractivity contribution >= 4 is 11.8 Å². The quantitative estimate of drug-likeness (QED) is 0.846. The number of carbonyl (C=O) groups is 2. The number of fused-ring (bicyclic) bond motifs is 1. The van der Waals surface area contributed by atoms with Gasteiger partial charge in [-0.3, -0.25) is 14.4 Å². The van der Waals surface area contributed by atoms with E-state index in [1.165, 1.54) is 12.1 Å². The molecule has 0 bridgehead atoms. The van der Waals surface area contributed by atoms with E-state index in [4.69, 9.17) is 4.74 Å². The Morgan fingerprint density at radius 2 is 1.90 bits per heavy atom. The number of nitrogens with one attached hydrogen (secondary N) is 1. The summed E-state index contributed by atoms with van der Waals surface area (Å²) in [5, 5.41) is 6.25. The molecule has 0 radical (unpaired) electrons. The number of ether oxygens (including phenoxy) is 1. The lowest BCUT2D eigenvalue weighted by Gasteiger charge is -2.41. The summed E-state index contributed by atoms with van der Waals surface area (Å²) in [7, 11) is 1.62. The van der Waals surface area contributed by atoms with E-state index >= 15 is 0 Å². The summed E-state index contributed by atoms with van der Waals surface area (Å²) in [4.78, 5) is 40.6. The first-order valence-corrected chi connectivity index (χ1v) is 9.77. The van der Waals surface area contributed by atoms with Crippen molar-refractivity contribution in [1.82, 2.24) is 20.0 Å². The number of nitrogens with zero attached hydrogens (tertiary/aromatic N) is 3. The van der Waals surface area contributed by atoms with Crippen molar-refractivity contribution in [3.05, 3.63) is 58.0 Å². The van der Waals surface area contributed by atoms with Gasteiger partial charge in [0.25, 0.3) is 11.5 Å². The normalized spacial score (nSPS) is 23.6. The van der Waals surface area contributed by atoms with E-state index in [0.29, 0.717) is 13.1 Å². The summed E-state index contributed by atoms with van der Waals surface area (Å²) < 4.78 is 5.26. The van der Waals surface area contributed by atoms with E-state index in [0.717, 1.165) is 24.2 Å². The molecule has 0 spiro atoms. The Morgan fingerprint density at radius 1 is 1.14 bits per heavy atom. The van der Waals surface area contributed by atoms with E-state index in [1.807, 2.05) is 34.1 Å². The van der Waals surface area contributed by atoms with Crippen LogP contribution < -0.4 is 10.3 Å². The Labute approximate surface area is 168 Å². The number of benzene rings is 1. The summed E-state index contributed by atoms with van der Waals surface area (Å²) in [5.74, 6) is 0.565. The molecule has 29 heavy (non-hydrogen) atoms. The third kappa shape index (κ3) is 3.50. The Kier molecular flexibility index (Phi) is 5.08. The molecule has 0 aliphatic carbocycles. The molecule has 0 unspecified atom stereocenters. The minimum Gasteiger partial charge on any atom is -0.497 e. The maximum Gasteiger partial charge on any atom is 0.274 e. The van der Waals surface area contributed by atoms with Crippen LogP contribution in [0.4, 0.5) is 0 Å². The van der Waals surface area contributed by atoms with Gasteiger partial charge in [0.1, 0.15) is 11.4 Å². The molecule has 4 rings (SSSR count). The van der Waals surface area contributed by atoms with Crippen LogP contribution in [0.25, 0.3) is 0 Å². The summed E-state index contributed by atoms with van der Waals surface area (Å²) in [6.45, 7) is 2.75. The number of H-pyrrole nitrogens is 1. The highest BCUT2D eigenvalue weighted by Crippen LogP contribution is 2.41. The standard InChI is InChI=1S/C21H24N4O4/c1-13(26)25-12-16(14-5-7-15(29-2)8-6-14)20-18(25)4-3-11-24(20)21(28)17-9-10-19(27)23-22-17/h5-10,16,18,20H,3-4,11-12H2,1-2H3,(H,23,27)/t16-,18-,20-/m1/s1. The molecule has 152 valence electrons. The highest BCUT2D eigenvalue weighted by Gasteiger charge is 2.49. The van der Waals surface area contributed by atoms with Crippen LogP contribution in [0.1, 0.15) is 41.7 Å².